The van der Waals surface area contributed by atoms with E-state index in [0.29, 0.717) is 13.0 Å². The molecule has 1 aromatic rings. The van der Waals surface area contributed by atoms with E-state index in [4.69, 9.17) is 5.73 Å². The molecule has 1 atom stereocenters. The van der Waals surface area contributed by atoms with E-state index in [2.05, 4.69) is 12.6 Å². The van der Waals surface area contributed by atoms with Gasteiger partial charge in [-0.25, -0.2) is 0 Å². The van der Waals surface area contributed by atoms with Crippen LogP contribution in [0, 0.1) is 0 Å². The van der Waals surface area contributed by atoms with Gasteiger partial charge in [-0.05, 0) is 12.1 Å². The molecule has 13 heavy (non-hydrogen) atoms. The number of hydrogen-bond acceptors (Lipinski definition) is 2. The maximum absolute atomic E-state index is 10.8. The molecule has 0 amide bonds. The van der Waals surface area contributed by atoms with Crippen molar-refractivity contribution in [1.29, 1.82) is 0 Å². The van der Waals surface area contributed by atoms with Crippen molar-refractivity contribution >= 4 is 17.7 Å². The SMILES string of the molecule is NCC(CC(=O)S)c1ccccc1. The Kier molecular flexibility index (Phi) is 3.99. The van der Waals surface area contributed by atoms with E-state index in [1.165, 1.54) is 0 Å². The number of hydrogen-bond donors (Lipinski definition) is 2. The molecule has 0 fully saturated rings. The molecule has 1 unspecified atom stereocenters. The quantitative estimate of drug-likeness (QED) is 0.716. The largest absolute Gasteiger partial charge is 0.330 e. The Labute approximate surface area is 83.5 Å². The topological polar surface area (TPSA) is 43.1 Å². The first-order valence-corrected chi connectivity index (χ1v) is 4.65. The third kappa shape index (κ3) is 3.20. The van der Waals surface area contributed by atoms with Crippen LogP contribution in [-0.4, -0.2) is 11.7 Å². The second-order valence-corrected chi connectivity index (χ2v) is 3.44. The van der Waals surface area contributed by atoms with Gasteiger partial charge in [0, 0.05) is 12.3 Å². The maximum atomic E-state index is 10.8. The van der Waals surface area contributed by atoms with Crippen LogP contribution in [0.2, 0.25) is 0 Å². The molecule has 0 saturated carbocycles. The highest BCUT2D eigenvalue weighted by molar-refractivity contribution is 7.96. The standard InChI is InChI=1S/C10H13NOS/c11-7-9(6-10(12)13)8-4-2-1-3-5-8/h1-5,9H,6-7,11H2,(H,12,13). The predicted octanol–water partition coefficient (Wildman–Crippen LogP) is 1.58. The molecule has 0 spiro atoms. The van der Waals surface area contributed by atoms with Gasteiger partial charge in [0.25, 0.3) is 0 Å². The minimum Gasteiger partial charge on any atom is -0.330 e. The van der Waals surface area contributed by atoms with Crippen LogP contribution in [0.3, 0.4) is 0 Å². The lowest BCUT2D eigenvalue weighted by molar-refractivity contribution is -0.111. The number of benzene rings is 1. The highest BCUT2D eigenvalue weighted by Gasteiger charge is 2.11. The van der Waals surface area contributed by atoms with Crippen molar-refractivity contribution < 1.29 is 4.79 Å². The van der Waals surface area contributed by atoms with Crippen molar-refractivity contribution in [1.82, 2.24) is 0 Å². The van der Waals surface area contributed by atoms with Crippen LogP contribution in [0.25, 0.3) is 0 Å². The summed E-state index contributed by atoms with van der Waals surface area (Å²) in [6.07, 6.45) is 0.406. The van der Waals surface area contributed by atoms with E-state index in [1.807, 2.05) is 30.3 Å². The fourth-order valence-electron chi connectivity index (χ4n) is 1.27. The first-order valence-electron chi connectivity index (χ1n) is 4.21. The molecular weight excluding hydrogens is 182 g/mol. The van der Waals surface area contributed by atoms with Gasteiger partial charge in [0.2, 0.25) is 0 Å². The monoisotopic (exact) mass is 195 g/mol. The second kappa shape index (κ2) is 5.04. The first-order chi connectivity index (χ1) is 6.24. The van der Waals surface area contributed by atoms with Gasteiger partial charge in [0.05, 0.1) is 0 Å². The minimum absolute atomic E-state index is 0.103. The lowest BCUT2D eigenvalue weighted by Gasteiger charge is -2.12. The lowest BCUT2D eigenvalue weighted by Crippen LogP contribution is -2.14. The van der Waals surface area contributed by atoms with Gasteiger partial charge in [-0.3, -0.25) is 4.79 Å². The smallest absolute Gasteiger partial charge is 0.186 e. The molecule has 0 aromatic heterocycles. The lowest BCUT2D eigenvalue weighted by atomic mass is 9.97. The average Bonchev–Trinajstić information content (AvgIpc) is 2.15. The summed E-state index contributed by atoms with van der Waals surface area (Å²) in [5, 5.41) is -0.112. The van der Waals surface area contributed by atoms with Gasteiger partial charge in [-0.2, -0.15) is 0 Å². The summed E-state index contributed by atoms with van der Waals surface area (Å²) in [6.45, 7) is 0.482. The number of rotatable bonds is 4. The van der Waals surface area contributed by atoms with E-state index in [-0.39, 0.29) is 11.0 Å². The summed E-state index contributed by atoms with van der Waals surface area (Å²) in [6, 6.07) is 9.80. The molecule has 2 nitrogen and oxygen atoms in total. The summed E-state index contributed by atoms with van der Waals surface area (Å²) in [7, 11) is 0. The third-order valence-electron chi connectivity index (χ3n) is 1.98. The molecule has 0 saturated heterocycles. The van der Waals surface area contributed by atoms with Crippen LogP contribution in [0.5, 0.6) is 0 Å². The normalized spacial score (nSPS) is 12.5. The third-order valence-corrected chi connectivity index (χ3v) is 2.16. The van der Waals surface area contributed by atoms with Gasteiger partial charge in [0.15, 0.2) is 5.12 Å². The minimum atomic E-state index is -0.112. The van der Waals surface area contributed by atoms with Gasteiger partial charge in [-0.1, -0.05) is 30.3 Å². The Morgan fingerprint density at radius 2 is 2.00 bits per heavy atom. The molecule has 1 aromatic carbocycles. The van der Waals surface area contributed by atoms with Gasteiger partial charge < -0.3 is 5.73 Å². The molecule has 2 N–H and O–H groups in total. The van der Waals surface area contributed by atoms with Crippen molar-refractivity contribution in [2.45, 2.75) is 12.3 Å². The van der Waals surface area contributed by atoms with Gasteiger partial charge in [0.1, 0.15) is 0 Å². The van der Waals surface area contributed by atoms with Crippen molar-refractivity contribution in [2.24, 2.45) is 5.73 Å². The molecule has 0 aliphatic heterocycles. The molecule has 0 bridgehead atoms. The average molecular weight is 195 g/mol. The van der Waals surface area contributed by atoms with Gasteiger partial charge >= 0.3 is 0 Å². The molecule has 0 aliphatic rings. The Morgan fingerprint density at radius 1 is 1.38 bits per heavy atom. The molecular formula is C10H13NOS. The zero-order valence-electron chi connectivity index (χ0n) is 7.31. The molecule has 70 valence electrons. The second-order valence-electron chi connectivity index (χ2n) is 2.94. The summed E-state index contributed by atoms with van der Waals surface area (Å²) in [5.41, 5.74) is 6.67. The van der Waals surface area contributed by atoms with Crippen LogP contribution >= 0.6 is 12.6 Å². The summed E-state index contributed by atoms with van der Waals surface area (Å²) in [4.78, 5) is 10.8. The summed E-state index contributed by atoms with van der Waals surface area (Å²) in [5.74, 6) is 0.103. The Morgan fingerprint density at radius 3 is 2.46 bits per heavy atom. The fraction of sp³-hybridized carbons (Fsp3) is 0.300. The Hall–Kier alpha value is -0.800. The Bertz CT molecular complexity index is 274. The molecule has 0 heterocycles. The van der Waals surface area contributed by atoms with E-state index in [1.54, 1.807) is 0 Å². The zero-order chi connectivity index (χ0) is 9.68. The molecule has 1 rings (SSSR count). The van der Waals surface area contributed by atoms with E-state index in [9.17, 15) is 4.79 Å². The maximum Gasteiger partial charge on any atom is 0.186 e. The summed E-state index contributed by atoms with van der Waals surface area (Å²) < 4.78 is 0. The molecule has 0 radical (unpaired) electrons. The van der Waals surface area contributed by atoms with Crippen LogP contribution in [0.4, 0.5) is 0 Å². The van der Waals surface area contributed by atoms with Crippen LogP contribution in [0.1, 0.15) is 17.9 Å². The van der Waals surface area contributed by atoms with E-state index >= 15 is 0 Å². The van der Waals surface area contributed by atoms with Crippen molar-refractivity contribution in [3.05, 3.63) is 35.9 Å². The molecule has 3 heteroatoms. The number of carbonyl (C=O) groups excluding carboxylic acids is 1. The van der Waals surface area contributed by atoms with E-state index in [0.717, 1.165) is 5.56 Å². The summed E-state index contributed by atoms with van der Waals surface area (Å²) >= 11 is 3.75. The highest BCUT2D eigenvalue weighted by Crippen LogP contribution is 2.18. The number of thiol groups is 1. The fourth-order valence-corrected chi connectivity index (χ4v) is 1.49. The van der Waals surface area contributed by atoms with Crippen molar-refractivity contribution in [3.8, 4) is 0 Å². The zero-order valence-corrected chi connectivity index (χ0v) is 8.21. The Balaban J connectivity index is 2.73. The van der Waals surface area contributed by atoms with Crippen LogP contribution < -0.4 is 5.73 Å². The molecule has 0 aliphatic carbocycles. The number of carbonyl (C=O) groups is 1. The first kappa shape index (κ1) is 10.3. The van der Waals surface area contributed by atoms with Crippen molar-refractivity contribution in [2.75, 3.05) is 6.54 Å². The van der Waals surface area contributed by atoms with Gasteiger partial charge in [-0.15, -0.1) is 12.6 Å². The predicted molar refractivity (Wildman–Crippen MR) is 56.8 cm³/mol. The van der Waals surface area contributed by atoms with Crippen molar-refractivity contribution in [3.63, 3.8) is 0 Å². The van der Waals surface area contributed by atoms with Crippen LogP contribution in [0.15, 0.2) is 30.3 Å². The van der Waals surface area contributed by atoms with E-state index < -0.39 is 0 Å². The highest BCUT2D eigenvalue weighted by atomic mass is 32.1. The number of nitrogens with two attached hydrogens (primary N) is 1. The van der Waals surface area contributed by atoms with Crippen LogP contribution in [-0.2, 0) is 4.79 Å².